The summed E-state index contributed by atoms with van der Waals surface area (Å²) in [4.78, 5) is 12.6. The minimum atomic E-state index is -0.440. The van der Waals surface area contributed by atoms with Crippen LogP contribution in [0.1, 0.15) is 35.4 Å². The van der Waals surface area contributed by atoms with Crippen LogP contribution in [0.2, 0.25) is 0 Å². The number of rotatable bonds is 0. The second kappa shape index (κ2) is 7.46. The van der Waals surface area contributed by atoms with Crippen molar-refractivity contribution in [1.29, 1.82) is 5.26 Å². The number of nitriles is 1. The first-order valence-corrected chi connectivity index (χ1v) is 10.1. The van der Waals surface area contributed by atoms with Crippen LogP contribution in [0, 0.1) is 24.1 Å². The molecule has 1 aliphatic heterocycles. The van der Waals surface area contributed by atoms with Crippen molar-refractivity contribution in [3.8, 4) is 34.2 Å². The molecule has 158 valence electrons. The van der Waals surface area contributed by atoms with Gasteiger partial charge in [0.15, 0.2) is 17.3 Å². The van der Waals surface area contributed by atoms with Crippen LogP contribution in [0.3, 0.4) is 0 Å². The summed E-state index contributed by atoms with van der Waals surface area (Å²) in [6.07, 6.45) is 5.55. The first-order chi connectivity index (χ1) is 15.5. The Bertz CT molecular complexity index is 1400. The van der Waals surface area contributed by atoms with E-state index in [0.717, 1.165) is 11.1 Å². The zero-order valence-corrected chi connectivity index (χ0v) is 17.5. The standard InChI is InChI=1S/C24H19FN6O/c1-13-3-4-17-18(5-13)14(2)32-21-6-15(9-29-24(21)27)23-20(7-26)30-12-31(23)11-16-8-28-10-19(25)22(16)17/h3-6,8-10,12,14H,11H2,1-2H3,(H2,27,29)/t14-/m1/s1. The maximum Gasteiger partial charge on any atom is 0.166 e. The van der Waals surface area contributed by atoms with Crippen LogP contribution in [0.25, 0.3) is 22.4 Å². The second-order valence-electron chi connectivity index (χ2n) is 7.80. The number of pyridine rings is 2. The SMILES string of the molecule is Cc1ccc2c(c1)[C@@H](C)Oc1cc(cnc1N)-c1c(C#N)ncn1Cc1cncc(F)c1-2. The van der Waals surface area contributed by atoms with E-state index in [9.17, 15) is 5.26 Å². The van der Waals surface area contributed by atoms with Gasteiger partial charge in [0.1, 0.15) is 18.0 Å². The molecule has 0 radical (unpaired) electrons. The van der Waals surface area contributed by atoms with Crippen LogP contribution >= 0.6 is 0 Å². The van der Waals surface area contributed by atoms with Gasteiger partial charge in [0.2, 0.25) is 0 Å². The summed E-state index contributed by atoms with van der Waals surface area (Å²) in [7, 11) is 0. The Morgan fingerprint density at radius 2 is 2.06 bits per heavy atom. The van der Waals surface area contributed by atoms with Crippen LogP contribution in [-0.4, -0.2) is 19.5 Å². The largest absolute Gasteiger partial charge is 0.482 e. The third-order valence-corrected chi connectivity index (χ3v) is 5.64. The number of fused-ring (bicyclic) bond motifs is 7. The highest BCUT2D eigenvalue weighted by atomic mass is 19.1. The molecule has 0 saturated carbocycles. The maximum absolute atomic E-state index is 15.2. The van der Waals surface area contributed by atoms with Gasteiger partial charge in [0, 0.05) is 34.6 Å². The van der Waals surface area contributed by atoms with Gasteiger partial charge in [-0.15, -0.1) is 0 Å². The number of hydrogen-bond donors (Lipinski definition) is 1. The number of ether oxygens (including phenoxy) is 1. The fourth-order valence-corrected chi connectivity index (χ4v) is 4.15. The van der Waals surface area contributed by atoms with E-state index in [0.29, 0.717) is 33.7 Å². The number of aryl methyl sites for hydroxylation is 1. The molecular formula is C24H19FN6O. The van der Waals surface area contributed by atoms with Crippen LogP contribution in [0.15, 0.2) is 49.2 Å². The third-order valence-electron chi connectivity index (χ3n) is 5.64. The van der Waals surface area contributed by atoms with Gasteiger partial charge in [0.25, 0.3) is 0 Å². The summed E-state index contributed by atoms with van der Waals surface area (Å²) < 4.78 is 23.2. The minimum Gasteiger partial charge on any atom is -0.482 e. The second-order valence-corrected chi connectivity index (χ2v) is 7.80. The highest BCUT2D eigenvalue weighted by molar-refractivity contribution is 5.73. The Hall–Kier alpha value is -4.25. The fourth-order valence-electron chi connectivity index (χ4n) is 4.15. The highest BCUT2D eigenvalue weighted by Gasteiger charge is 2.24. The number of anilines is 1. The van der Waals surface area contributed by atoms with Gasteiger partial charge in [-0.05, 0) is 25.5 Å². The van der Waals surface area contributed by atoms with Crippen LogP contribution in [-0.2, 0) is 6.54 Å². The molecule has 0 fully saturated rings. The first-order valence-electron chi connectivity index (χ1n) is 10.1. The fraction of sp³-hybridized carbons (Fsp3) is 0.167. The van der Waals surface area contributed by atoms with E-state index in [1.807, 2.05) is 32.0 Å². The van der Waals surface area contributed by atoms with Gasteiger partial charge in [-0.3, -0.25) is 4.98 Å². The quantitative estimate of drug-likeness (QED) is 0.447. The van der Waals surface area contributed by atoms with Crippen LogP contribution in [0.5, 0.6) is 5.75 Å². The van der Waals surface area contributed by atoms with Gasteiger partial charge in [0.05, 0.1) is 24.8 Å². The lowest BCUT2D eigenvalue weighted by molar-refractivity contribution is 0.228. The minimum absolute atomic E-state index is 0.229. The van der Waals surface area contributed by atoms with Gasteiger partial charge in [-0.1, -0.05) is 23.8 Å². The molecule has 1 atom stereocenters. The number of aromatic nitrogens is 4. The molecule has 1 aromatic carbocycles. The number of imidazole rings is 1. The molecule has 0 aliphatic carbocycles. The molecular weight excluding hydrogens is 407 g/mol. The number of nitrogens with two attached hydrogens (primary N) is 1. The van der Waals surface area contributed by atoms with Crippen molar-refractivity contribution in [2.75, 3.05) is 5.73 Å². The predicted octanol–water partition coefficient (Wildman–Crippen LogP) is 4.41. The Morgan fingerprint density at radius 1 is 1.22 bits per heavy atom. The molecule has 7 nitrogen and oxygen atoms in total. The van der Waals surface area contributed by atoms with E-state index in [1.54, 1.807) is 29.4 Å². The molecule has 0 unspecified atom stereocenters. The van der Waals surface area contributed by atoms with Crippen molar-refractivity contribution in [2.45, 2.75) is 26.5 Å². The van der Waals surface area contributed by atoms with Gasteiger partial charge in [-0.25, -0.2) is 14.4 Å². The topological polar surface area (TPSA) is 103 Å². The van der Waals surface area contributed by atoms with Gasteiger partial charge in [-0.2, -0.15) is 5.26 Å². The maximum atomic E-state index is 15.2. The van der Waals surface area contributed by atoms with Crippen molar-refractivity contribution < 1.29 is 9.13 Å². The van der Waals surface area contributed by atoms with Gasteiger partial charge < -0.3 is 15.0 Å². The summed E-state index contributed by atoms with van der Waals surface area (Å²) >= 11 is 0. The number of benzene rings is 1. The average molecular weight is 426 g/mol. The smallest absolute Gasteiger partial charge is 0.166 e. The van der Waals surface area contributed by atoms with E-state index in [1.165, 1.54) is 6.20 Å². The molecule has 5 rings (SSSR count). The third kappa shape index (κ3) is 3.15. The van der Waals surface area contributed by atoms with E-state index >= 15 is 4.39 Å². The summed E-state index contributed by atoms with van der Waals surface area (Å²) in [5.74, 6) is 0.182. The van der Waals surface area contributed by atoms with E-state index < -0.39 is 11.9 Å². The molecule has 2 bridgehead atoms. The van der Waals surface area contributed by atoms with Crippen molar-refractivity contribution in [3.63, 3.8) is 0 Å². The molecule has 0 saturated heterocycles. The van der Waals surface area contributed by atoms with Crippen molar-refractivity contribution in [3.05, 3.63) is 77.4 Å². The lowest BCUT2D eigenvalue weighted by Gasteiger charge is -2.23. The number of nitrogens with zero attached hydrogens (tertiary/aromatic N) is 5. The molecule has 32 heavy (non-hydrogen) atoms. The summed E-state index contributed by atoms with van der Waals surface area (Å²) in [6, 6.07) is 9.69. The Balaban J connectivity index is 1.85. The Morgan fingerprint density at radius 3 is 2.88 bits per heavy atom. The van der Waals surface area contributed by atoms with E-state index in [4.69, 9.17) is 10.5 Å². The molecule has 0 amide bonds. The zero-order valence-electron chi connectivity index (χ0n) is 17.5. The highest BCUT2D eigenvalue weighted by Crippen LogP contribution is 2.38. The summed E-state index contributed by atoms with van der Waals surface area (Å²) in [5.41, 5.74) is 11.2. The Labute approximate surface area is 184 Å². The van der Waals surface area contributed by atoms with Crippen LogP contribution < -0.4 is 10.5 Å². The molecule has 2 N–H and O–H groups in total. The molecule has 4 heterocycles. The Kier molecular flexibility index (Phi) is 4.59. The molecule has 8 heteroatoms. The molecule has 0 spiro atoms. The van der Waals surface area contributed by atoms with Gasteiger partial charge >= 0.3 is 0 Å². The summed E-state index contributed by atoms with van der Waals surface area (Å²) in [5, 5.41) is 9.62. The number of halogens is 1. The molecule has 4 aromatic rings. The zero-order chi connectivity index (χ0) is 22.4. The lowest BCUT2D eigenvalue weighted by Crippen LogP contribution is -2.11. The molecule has 1 aliphatic rings. The van der Waals surface area contributed by atoms with Crippen molar-refractivity contribution in [1.82, 2.24) is 19.5 Å². The average Bonchev–Trinajstić information content (AvgIpc) is 3.18. The summed E-state index contributed by atoms with van der Waals surface area (Å²) in [6.45, 7) is 4.14. The lowest BCUT2D eigenvalue weighted by atomic mass is 9.92. The number of nitrogen functional groups attached to an aromatic ring is 1. The molecule has 3 aromatic heterocycles. The predicted molar refractivity (Wildman–Crippen MR) is 117 cm³/mol. The normalized spacial score (nSPS) is 14.6. The van der Waals surface area contributed by atoms with E-state index in [-0.39, 0.29) is 18.1 Å². The van der Waals surface area contributed by atoms with Crippen LogP contribution in [0.4, 0.5) is 10.2 Å². The van der Waals surface area contributed by atoms with Crippen molar-refractivity contribution in [2.24, 2.45) is 0 Å². The van der Waals surface area contributed by atoms with Crippen molar-refractivity contribution >= 4 is 5.82 Å². The monoisotopic (exact) mass is 426 g/mol. The number of hydrogen-bond acceptors (Lipinski definition) is 6. The van der Waals surface area contributed by atoms with E-state index in [2.05, 4.69) is 21.0 Å². The first kappa shape index (κ1) is 19.7.